The molecule has 1 aromatic carbocycles. The molecule has 3 rings (SSSR count). The van der Waals surface area contributed by atoms with Crippen molar-refractivity contribution in [1.29, 1.82) is 0 Å². The zero-order valence-electron chi connectivity index (χ0n) is 9.59. The lowest BCUT2D eigenvalue weighted by Crippen LogP contribution is -2.28. The lowest BCUT2D eigenvalue weighted by atomic mass is 10.2. The second-order valence-corrected chi connectivity index (χ2v) is 4.96. The number of amidine groups is 1. The first-order chi connectivity index (χ1) is 8.83. The van der Waals surface area contributed by atoms with Gasteiger partial charge in [0.15, 0.2) is 5.17 Å². The Kier molecular flexibility index (Phi) is 2.98. The van der Waals surface area contributed by atoms with Gasteiger partial charge in [0.2, 0.25) is 0 Å². The molecule has 90 valence electrons. The molecule has 0 saturated heterocycles. The number of thioether (sulfide) groups is 1. The maximum atomic E-state index is 12.0. The fourth-order valence-electron chi connectivity index (χ4n) is 1.76. The number of carbonyl (C=O) groups is 1. The molecule has 0 atom stereocenters. The van der Waals surface area contributed by atoms with E-state index in [0.29, 0.717) is 10.9 Å². The third kappa shape index (κ3) is 2.22. The summed E-state index contributed by atoms with van der Waals surface area (Å²) in [4.78, 5) is 20.5. The average molecular weight is 257 g/mol. The fourth-order valence-corrected chi connectivity index (χ4v) is 2.49. The van der Waals surface area contributed by atoms with Gasteiger partial charge in [0, 0.05) is 11.1 Å². The molecule has 0 unspecified atom stereocenters. The van der Waals surface area contributed by atoms with Crippen LogP contribution >= 0.6 is 11.8 Å². The van der Waals surface area contributed by atoms with E-state index in [9.17, 15) is 4.79 Å². The quantitative estimate of drug-likeness (QED) is 0.851. The summed E-state index contributed by atoms with van der Waals surface area (Å²) in [6.07, 6.45) is 0. The molecular weight excluding hydrogens is 246 g/mol. The van der Waals surface area contributed by atoms with Gasteiger partial charge in [-0.1, -0.05) is 36.0 Å². The van der Waals surface area contributed by atoms with Crippen molar-refractivity contribution < 1.29 is 4.79 Å². The van der Waals surface area contributed by atoms with Crippen LogP contribution in [0, 0.1) is 0 Å². The summed E-state index contributed by atoms with van der Waals surface area (Å²) in [6.45, 7) is 0.769. The van der Waals surface area contributed by atoms with Crippen molar-refractivity contribution in [3.05, 3.63) is 42.1 Å². The van der Waals surface area contributed by atoms with E-state index in [1.54, 1.807) is 17.8 Å². The standard InChI is InChI=1S/C13H11N3OS/c17-12(16-13-14-7-8-18-13)11-6-5-9-3-1-2-4-10(9)15-11/h1-6H,7-8H2,(H,14,16,17). The Labute approximate surface area is 109 Å². The minimum atomic E-state index is -0.200. The summed E-state index contributed by atoms with van der Waals surface area (Å²) in [5.41, 5.74) is 1.25. The summed E-state index contributed by atoms with van der Waals surface area (Å²) in [5, 5.41) is 4.49. The van der Waals surface area contributed by atoms with Crippen LogP contribution in [0.2, 0.25) is 0 Å². The second-order valence-electron chi connectivity index (χ2n) is 3.88. The zero-order valence-corrected chi connectivity index (χ0v) is 10.4. The van der Waals surface area contributed by atoms with Crippen LogP contribution < -0.4 is 5.32 Å². The number of aromatic nitrogens is 1. The number of nitrogens with one attached hydrogen (secondary N) is 1. The first kappa shape index (κ1) is 11.2. The molecule has 0 fully saturated rings. The number of rotatable bonds is 1. The Bertz CT molecular complexity index is 639. The molecule has 0 saturated carbocycles. The maximum absolute atomic E-state index is 12.0. The molecule has 1 N–H and O–H groups in total. The van der Waals surface area contributed by atoms with Crippen molar-refractivity contribution in [3.8, 4) is 0 Å². The van der Waals surface area contributed by atoms with Crippen LogP contribution in [0.1, 0.15) is 10.5 Å². The van der Waals surface area contributed by atoms with Crippen LogP contribution in [0.3, 0.4) is 0 Å². The zero-order chi connectivity index (χ0) is 12.4. The van der Waals surface area contributed by atoms with Crippen LogP contribution in [0.15, 0.2) is 41.4 Å². The SMILES string of the molecule is O=C(NC1=NCCS1)c1ccc2ccccc2n1. The van der Waals surface area contributed by atoms with Gasteiger partial charge in [0.1, 0.15) is 5.69 Å². The summed E-state index contributed by atoms with van der Waals surface area (Å²) < 4.78 is 0. The van der Waals surface area contributed by atoms with Gasteiger partial charge in [-0.25, -0.2) is 4.98 Å². The van der Waals surface area contributed by atoms with Gasteiger partial charge in [-0.2, -0.15) is 0 Å². The Balaban J connectivity index is 1.87. The smallest absolute Gasteiger partial charge is 0.275 e. The lowest BCUT2D eigenvalue weighted by molar-refractivity contribution is 0.0973. The Morgan fingerprint density at radius 1 is 1.22 bits per heavy atom. The Morgan fingerprint density at radius 2 is 2.11 bits per heavy atom. The number of pyridine rings is 1. The number of amides is 1. The Morgan fingerprint density at radius 3 is 2.94 bits per heavy atom. The molecule has 18 heavy (non-hydrogen) atoms. The monoisotopic (exact) mass is 257 g/mol. The molecule has 0 radical (unpaired) electrons. The lowest BCUT2D eigenvalue weighted by Gasteiger charge is -2.04. The van der Waals surface area contributed by atoms with E-state index in [4.69, 9.17) is 0 Å². The van der Waals surface area contributed by atoms with Crippen LogP contribution in [0.25, 0.3) is 10.9 Å². The number of fused-ring (bicyclic) bond motifs is 1. The second kappa shape index (κ2) is 4.78. The van der Waals surface area contributed by atoms with Crippen molar-refractivity contribution in [3.63, 3.8) is 0 Å². The summed E-state index contributed by atoms with van der Waals surface area (Å²) in [6, 6.07) is 11.4. The van der Waals surface area contributed by atoms with Gasteiger partial charge >= 0.3 is 0 Å². The molecular formula is C13H11N3OS. The number of benzene rings is 1. The fraction of sp³-hybridized carbons (Fsp3) is 0.154. The van der Waals surface area contributed by atoms with Crippen molar-refractivity contribution in [1.82, 2.24) is 10.3 Å². The maximum Gasteiger partial charge on any atom is 0.275 e. The minimum Gasteiger partial charge on any atom is -0.300 e. The molecule has 5 heteroatoms. The van der Waals surface area contributed by atoms with E-state index < -0.39 is 0 Å². The summed E-state index contributed by atoms with van der Waals surface area (Å²) >= 11 is 1.56. The Hall–Kier alpha value is -1.88. The van der Waals surface area contributed by atoms with Crippen LogP contribution in [0.4, 0.5) is 0 Å². The first-order valence-corrected chi connectivity index (χ1v) is 6.66. The normalized spacial score (nSPS) is 14.6. The number of carbonyl (C=O) groups excluding carboxylic acids is 1. The number of hydrogen-bond acceptors (Lipinski definition) is 4. The van der Waals surface area contributed by atoms with E-state index in [1.807, 2.05) is 30.3 Å². The van der Waals surface area contributed by atoms with E-state index in [2.05, 4.69) is 15.3 Å². The summed E-state index contributed by atoms with van der Waals surface area (Å²) in [7, 11) is 0. The highest BCUT2D eigenvalue weighted by atomic mass is 32.2. The third-order valence-corrected chi connectivity index (χ3v) is 3.53. The third-order valence-electron chi connectivity index (χ3n) is 2.64. The van der Waals surface area contributed by atoms with Gasteiger partial charge in [-0.3, -0.25) is 15.1 Å². The van der Waals surface area contributed by atoms with Crippen molar-refractivity contribution in [2.45, 2.75) is 0 Å². The first-order valence-electron chi connectivity index (χ1n) is 5.67. The van der Waals surface area contributed by atoms with Crippen molar-refractivity contribution in [2.75, 3.05) is 12.3 Å². The van der Waals surface area contributed by atoms with Gasteiger partial charge in [-0.15, -0.1) is 0 Å². The van der Waals surface area contributed by atoms with Crippen LogP contribution in [0.5, 0.6) is 0 Å². The van der Waals surface area contributed by atoms with E-state index >= 15 is 0 Å². The minimum absolute atomic E-state index is 0.200. The van der Waals surface area contributed by atoms with Gasteiger partial charge in [0.25, 0.3) is 5.91 Å². The molecule has 1 aliphatic heterocycles. The number of aliphatic imine (C=N–C) groups is 1. The highest BCUT2D eigenvalue weighted by Gasteiger charge is 2.13. The molecule has 2 aromatic rings. The van der Waals surface area contributed by atoms with E-state index in [1.165, 1.54) is 0 Å². The van der Waals surface area contributed by atoms with Crippen molar-refractivity contribution in [2.24, 2.45) is 4.99 Å². The largest absolute Gasteiger partial charge is 0.300 e. The van der Waals surface area contributed by atoms with Crippen LogP contribution in [-0.4, -0.2) is 28.4 Å². The van der Waals surface area contributed by atoms with Gasteiger partial charge in [0.05, 0.1) is 12.1 Å². The average Bonchev–Trinajstić information content (AvgIpc) is 2.91. The van der Waals surface area contributed by atoms with Crippen molar-refractivity contribution >= 4 is 33.7 Å². The number of nitrogens with zero attached hydrogens (tertiary/aromatic N) is 2. The molecule has 0 aliphatic carbocycles. The molecule has 1 amide bonds. The van der Waals surface area contributed by atoms with Crippen LogP contribution in [-0.2, 0) is 0 Å². The highest BCUT2D eigenvalue weighted by Crippen LogP contribution is 2.13. The number of para-hydroxylation sites is 1. The molecule has 2 heterocycles. The molecule has 1 aromatic heterocycles. The number of hydrogen-bond donors (Lipinski definition) is 1. The molecule has 4 nitrogen and oxygen atoms in total. The highest BCUT2D eigenvalue weighted by molar-refractivity contribution is 8.14. The predicted octanol–water partition coefficient (Wildman–Crippen LogP) is 2.07. The predicted molar refractivity (Wildman–Crippen MR) is 74.0 cm³/mol. The van der Waals surface area contributed by atoms with E-state index in [0.717, 1.165) is 23.2 Å². The van der Waals surface area contributed by atoms with E-state index in [-0.39, 0.29) is 5.91 Å². The molecule has 0 bridgehead atoms. The van der Waals surface area contributed by atoms with Gasteiger partial charge < -0.3 is 0 Å². The topological polar surface area (TPSA) is 54.4 Å². The summed E-state index contributed by atoms with van der Waals surface area (Å²) in [5.74, 6) is 0.731. The van der Waals surface area contributed by atoms with Gasteiger partial charge in [-0.05, 0) is 12.1 Å². The molecule has 1 aliphatic rings. The molecule has 0 spiro atoms.